The van der Waals surface area contributed by atoms with Crippen LogP contribution in [0.5, 0.6) is 0 Å². The van der Waals surface area contributed by atoms with Gasteiger partial charge in [-0.25, -0.2) is 0 Å². The molecule has 0 N–H and O–H groups in total. The molecule has 3 heterocycles. The number of hydrogen-bond donors (Lipinski definition) is 0. The summed E-state index contributed by atoms with van der Waals surface area (Å²) < 4.78 is 4.55. The summed E-state index contributed by atoms with van der Waals surface area (Å²) in [5.74, 6) is 0.835. The second kappa shape index (κ2) is 9.57. The van der Waals surface area contributed by atoms with E-state index in [1.807, 2.05) is 6.07 Å². The average molecular weight is 541 g/mol. The van der Waals surface area contributed by atoms with Gasteiger partial charge in [0.1, 0.15) is 0 Å². The SMILES string of the molecule is CC=Cc1c(C)c2ccccc2n1-c1ccc(-c2nnc3c4cc(-c5ccccc5)ccc4c4ccccc4n23)cc1. The number of aromatic nitrogens is 4. The molecule has 3 aromatic heterocycles. The van der Waals surface area contributed by atoms with Gasteiger partial charge in [-0.2, -0.15) is 0 Å². The maximum atomic E-state index is 4.77. The molecule has 200 valence electrons. The first kappa shape index (κ1) is 24.3. The largest absolute Gasteiger partial charge is 0.310 e. The summed E-state index contributed by atoms with van der Waals surface area (Å²) in [6.45, 7) is 4.27. The van der Waals surface area contributed by atoms with Gasteiger partial charge in [0.25, 0.3) is 0 Å². The summed E-state index contributed by atoms with van der Waals surface area (Å²) in [5.41, 5.74) is 10.1. The number of rotatable bonds is 4. The van der Waals surface area contributed by atoms with E-state index in [4.69, 9.17) is 10.2 Å². The Morgan fingerprint density at radius 2 is 1.26 bits per heavy atom. The lowest BCUT2D eigenvalue weighted by atomic mass is 9.99. The van der Waals surface area contributed by atoms with E-state index in [0.717, 1.165) is 33.6 Å². The maximum absolute atomic E-state index is 4.77. The van der Waals surface area contributed by atoms with Gasteiger partial charge >= 0.3 is 0 Å². The van der Waals surface area contributed by atoms with Crippen molar-refractivity contribution in [3.8, 4) is 28.2 Å². The van der Waals surface area contributed by atoms with Crippen LogP contribution in [0.1, 0.15) is 18.2 Å². The lowest BCUT2D eigenvalue weighted by Gasteiger charge is -2.12. The second-order valence-electron chi connectivity index (χ2n) is 10.7. The fraction of sp³-hybridized carbons (Fsp3) is 0.0526. The van der Waals surface area contributed by atoms with Crippen LogP contribution in [0.3, 0.4) is 0 Å². The van der Waals surface area contributed by atoms with Crippen molar-refractivity contribution in [3.63, 3.8) is 0 Å². The quantitative estimate of drug-likeness (QED) is 0.208. The Balaban J connectivity index is 1.33. The zero-order chi connectivity index (χ0) is 28.2. The smallest absolute Gasteiger partial charge is 0.169 e. The van der Waals surface area contributed by atoms with Crippen molar-refractivity contribution in [3.05, 3.63) is 139 Å². The van der Waals surface area contributed by atoms with E-state index in [2.05, 4.69) is 150 Å². The van der Waals surface area contributed by atoms with E-state index in [-0.39, 0.29) is 0 Å². The molecule has 0 aliphatic rings. The average Bonchev–Trinajstić information content (AvgIpc) is 3.62. The molecular formula is C38H28N4. The van der Waals surface area contributed by atoms with Crippen molar-refractivity contribution < 1.29 is 0 Å². The molecule has 4 nitrogen and oxygen atoms in total. The Morgan fingerprint density at radius 3 is 2.05 bits per heavy atom. The summed E-state index contributed by atoms with van der Waals surface area (Å²) in [4.78, 5) is 0. The van der Waals surface area contributed by atoms with E-state index in [1.54, 1.807) is 0 Å². The Bertz CT molecular complexity index is 2300. The summed E-state index contributed by atoms with van der Waals surface area (Å²) in [6.07, 6.45) is 4.29. The van der Waals surface area contributed by atoms with E-state index < -0.39 is 0 Å². The van der Waals surface area contributed by atoms with Gasteiger partial charge < -0.3 is 4.57 Å². The van der Waals surface area contributed by atoms with Crippen molar-refractivity contribution in [1.82, 2.24) is 19.2 Å². The van der Waals surface area contributed by atoms with Gasteiger partial charge in [0, 0.05) is 33.1 Å². The van der Waals surface area contributed by atoms with Crippen molar-refractivity contribution in [1.29, 1.82) is 0 Å². The Kier molecular flexibility index (Phi) is 5.54. The number of pyridine rings is 1. The van der Waals surface area contributed by atoms with Crippen LogP contribution >= 0.6 is 0 Å². The summed E-state index contributed by atoms with van der Waals surface area (Å²) >= 11 is 0. The lowest BCUT2D eigenvalue weighted by molar-refractivity contribution is 1.09. The first-order chi connectivity index (χ1) is 20.7. The van der Waals surface area contributed by atoms with Crippen LogP contribution in [-0.4, -0.2) is 19.2 Å². The molecular weight excluding hydrogens is 512 g/mol. The van der Waals surface area contributed by atoms with Gasteiger partial charge in [0.2, 0.25) is 0 Å². The normalized spacial score (nSPS) is 12.0. The molecule has 8 rings (SSSR count). The predicted molar refractivity (Wildman–Crippen MR) is 175 cm³/mol. The fourth-order valence-corrected chi connectivity index (χ4v) is 6.36. The number of nitrogens with zero attached hydrogens (tertiary/aromatic N) is 4. The van der Waals surface area contributed by atoms with Gasteiger partial charge in [0.15, 0.2) is 11.5 Å². The first-order valence-corrected chi connectivity index (χ1v) is 14.3. The second-order valence-corrected chi connectivity index (χ2v) is 10.7. The molecule has 42 heavy (non-hydrogen) atoms. The molecule has 0 atom stereocenters. The first-order valence-electron chi connectivity index (χ1n) is 14.3. The van der Waals surface area contributed by atoms with Crippen LogP contribution in [0.4, 0.5) is 0 Å². The molecule has 4 heteroatoms. The number of para-hydroxylation sites is 2. The minimum Gasteiger partial charge on any atom is -0.310 e. The summed E-state index contributed by atoms with van der Waals surface area (Å²) in [6, 6.07) is 43.0. The van der Waals surface area contributed by atoms with Gasteiger partial charge in [-0.1, -0.05) is 84.9 Å². The monoisotopic (exact) mass is 540 g/mol. The van der Waals surface area contributed by atoms with Crippen molar-refractivity contribution >= 4 is 44.3 Å². The molecule has 5 aromatic carbocycles. The third kappa shape index (κ3) is 3.62. The topological polar surface area (TPSA) is 35.1 Å². The maximum Gasteiger partial charge on any atom is 0.169 e. The van der Waals surface area contributed by atoms with Crippen molar-refractivity contribution in [2.24, 2.45) is 0 Å². The third-order valence-electron chi connectivity index (χ3n) is 8.35. The molecule has 0 aliphatic heterocycles. The number of hydrogen-bond acceptors (Lipinski definition) is 2. The molecule has 0 unspecified atom stereocenters. The zero-order valence-electron chi connectivity index (χ0n) is 23.5. The highest BCUT2D eigenvalue weighted by Gasteiger charge is 2.18. The van der Waals surface area contributed by atoms with Gasteiger partial charge in [-0.05, 0) is 84.5 Å². The fourth-order valence-electron chi connectivity index (χ4n) is 6.36. The van der Waals surface area contributed by atoms with Crippen LogP contribution < -0.4 is 0 Å². The number of fused-ring (bicyclic) bond motifs is 7. The van der Waals surface area contributed by atoms with Gasteiger partial charge in [-0.3, -0.25) is 4.40 Å². The van der Waals surface area contributed by atoms with Crippen LogP contribution in [0, 0.1) is 6.92 Å². The molecule has 8 aromatic rings. The predicted octanol–water partition coefficient (Wildman–Crippen LogP) is 9.66. The third-order valence-corrected chi connectivity index (χ3v) is 8.35. The molecule has 0 aliphatic carbocycles. The zero-order valence-corrected chi connectivity index (χ0v) is 23.5. The van der Waals surface area contributed by atoms with E-state index >= 15 is 0 Å². The van der Waals surface area contributed by atoms with E-state index in [9.17, 15) is 0 Å². The highest BCUT2D eigenvalue weighted by Crippen LogP contribution is 2.35. The highest BCUT2D eigenvalue weighted by atomic mass is 15.2. The Hall–Kier alpha value is -5.48. The molecule has 0 amide bonds. The number of allylic oxidation sites excluding steroid dienone is 1. The van der Waals surface area contributed by atoms with Crippen molar-refractivity contribution in [2.75, 3.05) is 0 Å². The molecule has 0 fully saturated rings. The van der Waals surface area contributed by atoms with Crippen LogP contribution in [0.2, 0.25) is 0 Å². The van der Waals surface area contributed by atoms with Crippen LogP contribution in [0.15, 0.2) is 127 Å². The Labute approximate surface area is 243 Å². The van der Waals surface area contributed by atoms with Gasteiger partial charge in [-0.15, -0.1) is 10.2 Å². The van der Waals surface area contributed by atoms with E-state index in [1.165, 1.54) is 44.1 Å². The van der Waals surface area contributed by atoms with Gasteiger partial charge in [0.05, 0.1) is 11.0 Å². The number of aryl methyl sites for hydroxylation is 1. The highest BCUT2D eigenvalue weighted by molar-refractivity contribution is 6.13. The minimum atomic E-state index is 0.835. The molecule has 0 bridgehead atoms. The molecule has 0 saturated carbocycles. The summed E-state index contributed by atoms with van der Waals surface area (Å²) in [5, 5.41) is 14.3. The molecule has 0 radical (unpaired) electrons. The summed E-state index contributed by atoms with van der Waals surface area (Å²) in [7, 11) is 0. The van der Waals surface area contributed by atoms with Crippen LogP contribution in [0.25, 0.3) is 72.5 Å². The van der Waals surface area contributed by atoms with Crippen LogP contribution in [-0.2, 0) is 0 Å². The standard InChI is InChI=1S/C38H28N4/c1-3-11-34-25(2)30-14-7-9-16-35(30)41(34)29-21-18-27(19-22-29)37-39-40-38-33-24-28(26-12-5-4-6-13-26)20-23-31(33)32-15-8-10-17-36(32)42(37)38/h3-24H,1-2H3. The van der Waals surface area contributed by atoms with E-state index in [0.29, 0.717) is 0 Å². The number of benzene rings is 5. The molecule has 0 spiro atoms. The lowest BCUT2D eigenvalue weighted by Crippen LogP contribution is -1.98. The minimum absolute atomic E-state index is 0.835. The Morgan fingerprint density at radius 1 is 0.571 bits per heavy atom. The van der Waals surface area contributed by atoms with Crippen molar-refractivity contribution in [2.45, 2.75) is 13.8 Å². The molecule has 0 saturated heterocycles.